The van der Waals surface area contributed by atoms with E-state index in [0.29, 0.717) is 0 Å². The van der Waals surface area contributed by atoms with Gasteiger partial charge in [0.05, 0.1) is 6.16 Å². The van der Waals surface area contributed by atoms with Crippen molar-refractivity contribution in [1.29, 1.82) is 0 Å². The van der Waals surface area contributed by atoms with Crippen LogP contribution in [0.4, 0.5) is 0 Å². The summed E-state index contributed by atoms with van der Waals surface area (Å²) in [5.41, 5.74) is 2.09. The highest BCUT2D eigenvalue weighted by atomic mass is 31.2. The molecule has 0 aliphatic rings. The van der Waals surface area contributed by atoms with Crippen LogP contribution < -0.4 is 0 Å². The molecule has 0 saturated carbocycles. The van der Waals surface area contributed by atoms with Crippen LogP contribution in [-0.2, 0) is 4.57 Å². The molecule has 1 rings (SSSR count). The summed E-state index contributed by atoms with van der Waals surface area (Å²) in [6.07, 6.45) is -0.0869. The average molecular weight is 214 g/mol. The second-order valence-electron chi connectivity index (χ2n) is 3.66. The van der Waals surface area contributed by atoms with Crippen molar-refractivity contribution in [2.24, 2.45) is 0 Å². The number of hydrogen-bond donors (Lipinski definition) is 2. The van der Waals surface area contributed by atoms with Crippen LogP contribution in [0.3, 0.4) is 0 Å². The second-order valence-corrected chi connectivity index (χ2v) is 5.36. The van der Waals surface area contributed by atoms with Gasteiger partial charge in [0.2, 0.25) is 0 Å². The molecular formula is C10H15O3P. The Morgan fingerprint density at radius 3 is 2.57 bits per heavy atom. The lowest BCUT2D eigenvalue weighted by atomic mass is 10.0. The van der Waals surface area contributed by atoms with E-state index < -0.39 is 7.60 Å². The van der Waals surface area contributed by atoms with Gasteiger partial charge in [-0.05, 0) is 18.4 Å². The average Bonchev–Trinajstić information content (AvgIpc) is 2.01. The quantitative estimate of drug-likeness (QED) is 0.759. The van der Waals surface area contributed by atoms with E-state index in [9.17, 15) is 4.57 Å². The summed E-state index contributed by atoms with van der Waals surface area (Å²) in [5, 5.41) is 0. The van der Waals surface area contributed by atoms with E-state index >= 15 is 0 Å². The Morgan fingerprint density at radius 2 is 2.07 bits per heavy atom. The lowest BCUT2D eigenvalue weighted by Crippen LogP contribution is -2.00. The molecule has 0 amide bonds. The van der Waals surface area contributed by atoms with Gasteiger partial charge in [-0.3, -0.25) is 4.57 Å². The minimum Gasteiger partial charge on any atom is -0.324 e. The number of aryl methyl sites for hydroxylation is 1. The van der Waals surface area contributed by atoms with Crippen molar-refractivity contribution in [3.05, 3.63) is 35.4 Å². The molecule has 3 nitrogen and oxygen atoms in total. The Balaban J connectivity index is 2.80. The van der Waals surface area contributed by atoms with Gasteiger partial charge in [0, 0.05) is 0 Å². The van der Waals surface area contributed by atoms with Gasteiger partial charge in [0.15, 0.2) is 0 Å². The van der Waals surface area contributed by atoms with Crippen molar-refractivity contribution in [3.63, 3.8) is 0 Å². The third-order valence-corrected chi connectivity index (χ3v) is 3.15. The van der Waals surface area contributed by atoms with Gasteiger partial charge >= 0.3 is 7.60 Å². The molecule has 0 bridgehead atoms. The highest BCUT2D eigenvalue weighted by Gasteiger charge is 2.19. The fraction of sp³-hybridized carbons (Fsp3) is 0.400. The predicted octanol–water partition coefficient (Wildman–Crippen LogP) is 2.28. The van der Waals surface area contributed by atoms with Crippen LogP contribution in [0.5, 0.6) is 0 Å². The van der Waals surface area contributed by atoms with Crippen LogP contribution in [-0.4, -0.2) is 15.9 Å². The molecule has 78 valence electrons. The highest BCUT2D eigenvalue weighted by molar-refractivity contribution is 7.51. The van der Waals surface area contributed by atoms with Gasteiger partial charge in [-0.2, -0.15) is 0 Å². The summed E-state index contributed by atoms with van der Waals surface area (Å²) >= 11 is 0. The van der Waals surface area contributed by atoms with Crippen molar-refractivity contribution in [2.75, 3.05) is 6.16 Å². The maximum absolute atomic E-state index is 10.8. The molecule has 1 atom stereocenters. The molecule has 0 aliphatic carbocycles. The Bertz CT molecular complexity index is 356. The maximum Gasteiger partial charge on any atom is 0.326 e. The van der Waals surface area contributed by atoms with Crippen LogP contribution in [0.1, 0.15) is 24.0 Å². The molecule has 14 heavy (non-hydrogen) atoms. The van der Waals surface area contributed by atoms with Gasteiger partial charge in [0.25, 0.3) is 0 Å². The monoisotopic (exact) mass is 214 g/mol. The molecule has 4 heteroatoms. The van der Waals surface area contributed by atoms with Crippen LogP contribution in [0.15, 0.2) is 24.3 Å². The van der Waals surface area contributed by atoms with Gasteiger partial charge in [-0.1, -0.05) is 36.8 Å². The van der Waals surface area contributed by atoms with Gasteiger partial charge in [0.1, 0.15) is 0 Å². The molecule has 0 radical (unpaired) electrons. The topological polar surface area (TPSA) is 57.5 Å². The number of benzene rings is 1. The Hall–Kier alpha value is -0.630. The molecule has 1 aromatic carbocycles. The molecule has 1 unspecified atom stereocenters. The van der Waals surface area contributed by atoms with E-state index in [1.165, 1.54) is 0 Å². The molecule has 1 aromatic rings. The fourth-order valence-corrected chi connectivity index (χ4v) is 2.36. The molecule has 0 aliphatic heterocycles. The van der Waals surface area contributed by atoms with Crippen LogP contribution in [0, 0.1) is 6.92 Å². The molecular weight excluding hydrogens is 199 g/mol. The smallest absolute Gasteiger partial charge is 0.324 e. The van der Waals surface area contributed by atoms with E-state index in [1.54, 1.807) is 0 Å². The number of hydrogen-bond acceptors (Lipinski definition) is 1. The molecule has 0 aromatic heterocycles. The van der Waals surface area contributed by atoms with Crippen molar-refractivity contribution >= 4 is 7.60 Å². The summed E-state index contributed by atoms with van der Waals surface area (Å²) in [6, 6.07) is 7.72. The third-order valence-electron chi connectivity index (χ3n) is 2.12. The molecule has 2 N–H and O–H groups in total. The SMILES string of the molecule is Cc1cccc(C(C)CP(=O)(O)O)c1. The van der Waals surface area contributed by atoms with Crippen LogP contribution in [0.25, 0.3) is 0 Å². The first kappa shape index (κ1) is 11.4. The molecule has 0 heterocycles. The fourth-order valence-electron chi connectivity index (χ4n) is 1.44. The Morgan fingerprint density at radius 1 is 1.43 bits per heavy atom. The first-order valence-corrected chi connectivity index (χ1v) is 6.29. The van der Waals surface area contributed by atoms with Gasteiger partial charge in [-0.25, -0.2) is 0 Å². The van der Waals surface area contributed by atoms with E-state index in [1.807, 2.05) is 38.1 Å². The molecule has 0 spiro atoms. The van der Waals surface area contributed by atoms with Crippen molar-refractivity contribution in [3.8, 4) is 0 Å². The van der Waals surface area contributed by atoms with Gasteiger partial charge in [-0.15, -0.1) is 0 Å². The van der Waals surface area contributed by atoms with Gasteiger partial charge < -0.3 is 9.79 Å². The summed E-state index contributed by atoms with van der Waals surface area (Å²) in [4.78, 5) is 17.7. The summed E-state index contributed by atoms with van der Waals surface area (Å²) < 4.78 is 10.8. The standard InChI is InChI=1S/C10H15O3P/c1-8-4-3-5-10(6-8)9(2)7-14(11,12)13/h3-6,9H,7H2,1-2H3,(H2,11,12,13). The number of rotatable bonds is 3. The minimum absolute atomic E-state index is 0.0869. The van der Waals surface area contributed by atoms with E-state index in [2.05, 4.69) is 0 Å². The predicted molar refractivity (Wildman–Crippen MR) is 56.5 cm³/mol. The molecule has 0 fully saturated rings. The first-order valence-electron chi connectivity index (χ1n) is 4.49. The van der Waals surface area contributed by atoms with E-state index in [0.717, 1.165) is 11.1 Å². The Labute approximate surface area is 83.9 Å². The maximum atomic E-state index is 10.8. The van der Waals surface area contributed by atoms with Crippen LogP contribution >= 0.6 is 7.60 Å². The van der Waals surface area contributed by atoms with E-state index in [4.69, 9.17) is 9.79 Å². The summed E-state index contributed by atoms with van der Waals surface area (Å²) in [5.74, 6) is -0.101. The first-order chi connectivity index (χ1) is 6.38. The zero-order valence-corrected chi connectivity index (χ0v) is 9.24. The summed E-state index contributed by atoms with van der Waals surface area (Å²) in [6.45, 7) is 3.79. The van der Waals surface area contributed by atoms with Crippen molar-refractivity contribution in [2.45, 2.75) is 19.8 Å². The Kier molecular flexibility index (Phi) is 3.48. The lowest BCUT2D eigenvalue weighted by molar-refractivity contribution is 0.370. The van der Waals surface area contributed by atoms with Crippen molar-refractivity contribution in [1.82, 2.24) is 0 Å². The lowest BCUT2D eigenvalue weighted by Gasteiger charge is -2.13. The normalized spacial score (nSPS) is 14.0. The largest absolute Gasteiger partial charge is 0.326 e. The van der Waals surface area contributed by atoms with E-state index in [-0.39, 0.29) is 12.1 Å². The molecule has 0 saturated heterocycles. The zero-order valence-electron chi connectivity index (χ0n) is 8.34. The van der Waals surface area contributed by atoms with Crippen LogP contribution in [0.2, 0.25) is 0 Å². The zero-order chi connectivity index (χ0) is 10.8. The van der Waals surface area contributed by atoms with Crippen molar-refractivity contribution < 1.29 is 14.4 Å². The third kappa shape index (κ3) is 3.62. The second kappa shape index (κ2) is 4.26. The highest BCUT2D eigenvalue weighted by Crippen LogP contribution is 2.39. The summed E-state index contributed by atoms with van der Waals surface area (Å²) in [7, 11) is -3.90. The minimum atomic E-state index is -3.90.